The van der Waals surface area contributed by atoms with Gasteiger partial charge in [0.2, 0.25) is 0 Å². The second-order valence-corrected chi connectivity index (χ2v) is 5.41. The van der Waals surface area contributed by atoms with Crippen molar-refractivity contribution in [2.45, 2.75) is 26.4 Å². The predicted octanol–water partition coefficient (Wildman–Crippen LogP) is 4.25. The van der Waals surface area contributed by atoms with Crippen LogP contribution in [0.25, 0.3) is 5.70 Å². The fourth-order valence-electron chi connectivity index (χ4n) is 3.00. The normalized spacial score (nSPS) is 15.3. The molecule has 102 valence electrons. The van der Waals surface area contributed by atoms with Crippen LogP contribution in [-0.4, -0.2) is 10.0 Å². The van der Waals surface area contributed by atoms with Crippen LogP contribution in [0.2, 0.25) is 0 Å². The van der Waals surface area contributed by atoms with Gasteiger partial charge in [-0.2, -0.15) is 0 Å². The SMILES string of the molecule is C=C1c2c(ccc(O)c2C)CN1C(C)c1ccccc1. The molecule has 2 nitrogen and oxygen atoms in total. The lowest BCUT2D eigenvalue weighted by molar-refractivity contribution is 0.325. The van der Waals surface area contributed by atoms with Crippen LogP contribution < -0.4 is 0 Å². The summed E-state index contributed by atoms with van der Waals surface area (Å²) in [6.07, 6.45) is 0. The van der Waals surface area contributed by atoms with Gasteiger partial charge in [0.1, 0.15) is 5.75 Å². The smallest absolute Gasteiger partial charge is 0.119 e. The molecule has 0 aliphatic carbocycles. The second kappa shape index (κ2) is 4.71. The molecule has 0 radical (unpaired) electrons. The van der Waals surface area contributed by atoms with Crippen molar-refractivity contribution in [2.75, 3.05) is 0 Å². The van der Waals surface area contributed by atoms with Crippen LogP contribution in [0.5, 0.6) is 5.75 Å². The summed E-state index contributed by atoms with van der Waals surface area (Å²) in [4.78, 5) is 2.30. The maximum Gasteiger partial charge on any atom is 0.119 e. The average molecular weight is 265 g/mol. The van der Waals surface area contributed by atoms with Gasteiger partial charge in [0.05, 0.1) is 6.04 Å². The third-order valence-corrected chi connectivity index (χ3v) is 4.25. The Balaban J connectivity index is 1.97. The van der Waals surface area contributed by atoms with Crippen molar-refractivity contribution in [3.05, 3.63) is 71.3 Å². The van der Waals surface area contributed by atoms with Crippen molar-refractivity contribution in [1.82, 2.24) is 4.90 Å². The Morgan fingerprint density at radius 1 is 1.15 bits per heavy atom. The summed E-state index contributed by atoms with van der Waals surface area (Å²) in [7, 11) is 0. The van der Waals surface area contributed by atoms with Crippen LogP contribution in [-0.2, 0) is 6.54 Å². The number of benzene rings is 2. The van der Waals surface area contributed by atoms with Gasteiger partial charge >= 0.3 is 0 Å². The molecule has 0 saturated heterocycles. The molecule has 1 atom stereocenters. The first-order valence-electron chi connectivity index (χ1n) is 6.92. The zero-order valence-corrected chi connectivity index (χ0v) is 11.9. The maximum absolute atomic E-state index is 9.88. The molecule has 0 saturated carbocycles. The molecule has 0 fully saturated rings. The highest BCUT2D eigenvalue weighted by Crippen LogP contribution is 2.41. The Morgan fingerprint density at radius 2 is 1.85 bits per heavy atom. The van der Waals surface area contributed by atoms with Crippen molar-refractivity contribution < 1.29 is 5.11 Å². The largest absolute Gasteiger partial charge is 0.508 e. The summed E-state index contributed by atoms with van der Waals surface area (Å²) in [5, 5.41) is 9.88. The molecule has 0 bridgehead atoms. The number of hydrogen-bond acceptors (Lipinski definition) is 2. The fraction of sp³-hybridized carbons (Fsp3) is 0.222. The van der Waals surface area contributed by atoms with Crippen molar-refractivity contribution in [3.8, 4) is 5.75 Å². The summed E-state index contributed by atoms with van der Waals surface area (Å²) < 4.78 is 0. The Morgan fingerprint density at radius 3 is 2.55 bits per heavy atom. The zero-order chi connectivity index (χ0) is 14.3. The minimum absolute atomic E-state index is 0.276. The van der Waals surface area contributed by atoms with Gasteiger partial charge in [0.25, 0.3) is 0 Å². The minimum Gasteiger partial charge on any atom is -0.508 e. The van der Waals surface area contributed by atoms with Gasteiger partial charge in [0, 0.05) is 23.4 Å². The molecule has 2 aromatic rings. The molecule has 1 heterocycles. The van der Waals surface area contributed by atoms with Crippen LogP contribution in [0.3, 0.4) is 0 Å². The third-order valence-electron chi connectivity index (χ3n) is 4.25. The molecule has 0 amide bonds. The molecule has 1 N–H and O–H groups in total. The highest BCUT2D eigenvalue weighted by molar-refractivity contribution is 5.73. The van der Waals surface area contributed by atoms with E-state index in [1.807, 2.05) is 19.1 Å². The summed E-state index contributed by atoms with van der Waals surface area (Å²) in [5.74, 6) is 0.346. The molecule has 1 aliphatic heterocycles. The summed E-state index contributed by atoms with van der Waals surface area (Å²) >= 11 is 0. The number of rotatable bonds is 2. The van der Waals surface area contributed by atoms with Gasteiger partial charge in [-0.25, -0.2) is 0 Å². The first-order valence-corrected chi connectivity index (χ1v) is 6.92. The maximum atomic E-state index is 9.88. The first kappa shape index (κ1) is 12.8. The van der Waals surface area contributed by atoms with Gasteiger partial charge in [-0.3, -0.25) is 0 Å². The highest BCUT2D eigenvalue weighted by atomic mass is 16.3. The number of phenols is 1. The lowest BCUT2D eigenvalue weighted by Crippen LogP contribution is -2.19. The van der Waals surface area contributed by atoms with Gasteiger partial charge in [-0.15, -0.1) is 0 Å². The Bertz CT molecular complexity index is 661. The molecule has 20 heavy (non-hydrogen) atoms. The number of phenolic OH excluding ortho intramolecular Hbond substituents is 1. The van der Waals surface area contributed by atoms with E-state index in [9.17, 15) is 5.11 Å². The lowest BCUT2D eigenvalue weighted by atomic mass is 10.0. The molecule has 1 aliphatic rings. The molecule has 0 spiro atoms. The van der Waals surface area contributed by atoms with E-state index < -0.39 is 0 Å². The number of nitrogens with zero attached hydrogens (tertiary/aromatic N) is 1. The zero-order valence-electron chi connectivity index (χ0n) is 11.9. The van der Waals surface area contributed by atoms with Crippen LogP contribution >= 0.6 is 0 Å². The fourth-order valence-corrected chi connectivity index (χ4v) is 3.00. The topological polar surface area (TPSA) is 23.5 Å². The monoisotopic (exact) mass is 265 g/mol. The van der Waals surface area contributed by atoms with E-state index in [2.05, 4.69) is 42.7 Å². The summed E-state index contributed by atoms with van der Waals surface area (Å²) in [6, 6.07) is 14.5. The number of hydrogen-bond donors (Lipinski definition) is 1. The quantitative estimate of drug-likeness (QED) is 0.877. The second-order valence-electron chi connectivity index (χ2n) is 5.41. The molecular weight excluding hydrogens is 246 g/mol. The van der Waals surface area contributed by atoms with Crippen molar-refractivity contribution in [1.29, 1.82) is 0 Å². The van der Waals surface area contributed by atoms with Crippen molar-refractivity contribution in [2.24, 2.45) is 0 Å². The standard InChI is InChI=1S/C18H19NO/c1-12-17(20)10-9-16-11-19(14(3)18(12)16)13(2)15-7-5-4-6-8-15/h4-10,13,20H,3,11H2,1-2H3. The lowest BCUT2D eigenvalue weighted by Gasteiger charge is -2.28. The van der Waals surface area contributed by atoms with Crippen LogP contribution in [0.4, 0.5) is 0 Å². The van der Waals surface area contributed by atoms with Crippen molar-refractivity contribution in [3.63, 3.8) is 0 Å². The van der Waals surface area contributed by atoms with E-state index in [4.69, 9.17) is 0 Å². The Kier molecular flexibility index (Phi) is 3.01. The van der Waals surface area contributed by atoms with Crippen LogP contribution in [0.15, 0.2) is 49.0 Å². The van der Waals surface area contributed by atoms with E-state index in [0.717, 1.165) is 23.4 Å². The van der Waals surface area contributed by atoms with E-state index in [0.29, 0.717) is 5.75 Å². The summed E-state index contributed by atoms with van der Waals surface area (Å²) in [5.41, 5.74) is 5.56. The average Bonchev–Trinajstić information content (AvgIpc) is 2.81. The van der Waals surface area contributed by atoms with Gasteiger partial charge in [0.15, 0.2) is 0 Å². The predicted molar refractivity (Wildman–Crippen MR) is 82.3 cm³/mol. The number of aromatic hydroxyl groups is 1. The Labute approximate surface area is 120 Å². The van der Waals surface area contributed by atoms with E-state index >= 15 is 0 Å². The molecule has 1 unspecified atom stereocenters. The summed E-state index contributed by atoms with van der Waals surface area (Å²) in [6.45, 7) is 9.24. The highest BCUT2D eigenvalue weighted by Gasteiger charge is 2.28. The van der Waals surface area contributed by atoms with Gasteiger partial charge < -0.3 is 10.0 Å². The Hall–Kier alpha value is -2.22. The van der Waals surface area contributed by atoms with Crippen LogP contribution in [0, 0.1) is 6.92 Å². The van der Waals surface area contributed by atoms with E-state index in [1.54, 1.807) is 6.07 Å². The molecule has 0 aromatic heterocycles. The van der Waals surface area contributed by atoms with Crippen LogP contribution in [0.1, 0.15) is 35.2 Å². The molecule has 3 rings (SSSR count). The number of fused-ring (bicyclic) bond motifs is 1. The minimum atomic E-state index is 0.276. The molecule has 2 aromatic carbocycles. The first-order chi connectivity index (χ1) is 9.59. The molecule has 2 heteroatoms. The van der Waals surface area contributed by atoms with Gasteiger partial charge in [-0.1, -0.05) is 43.0 Å². The van der Waals surface area contributed by atoms with Gasteiger partial charge in [-0.05, 0) is 31.0 Å². The molecular formula is C18H19NO. The van der Waals surface area contributed by atoms with Crippen molar-refractivity contribution >= 4 is 5.70 Å². The van der Waals surface area contributed by atoms with E-state index in [1.165, 1.54) is 11.1 Å². The third kappa shape index (κ3) is 1.88. The van der Waals surface area contributed by atoms with E-state index in [-0.39, 0.29) is 6.04 Å².